The van der Waals surface area contributed by atoms with E-state index in [4.69, 9.17) is 5.11 Å². The quantitative estimate of drug-likeness (QED) is 0.510. The number of aliphatic carboxylic acids is 1. The van der Waals surface area contributed by atoms with Crippen molar-refractivity contribution in [3.05, 3.63) is 12.2 Å². The number of carboxylic acid groups (broad SMARTS) is 1. The molecular weight excluding hydrogens is 184 g/mol. The van der Waals surface area contributed by atoms with Crippen molar-refractivity contribution in [1.29, 1.82) is 0 Å². The largest absolute Gasteiger partial charge is 0.481 e. The van der Waals surface area contributed by atoms with E-state index in [0.29, 0.717) is 5.57 Å². The second-order valence-electron chi connectivity index (χ2n) is 2.39. The maximum atomic E-state index is 10.8. The molecule has 0 spiro atoms. The number of hydrogen-bond donors (Lipinski definition) is 1. The molecule has 0 aromatic carbocycles. The van der Waals surface area contributed by atoms with Crippen molar-refractivity contribution in [1.82, 2.24) is 0 Å². The molecule has 1 saturated carbocycles. The van der Waals surface area contributed by atoms with Gasteiger partial charge in [-0.1, -0.05) is 6.58 Å². The minimum Gasteiger partial charge on any atom is -0.481 e. The van der Waals surface area contributed by atoms with Crippen molar-refractivity contribution >= 4 is 24.3 Å². The molecule has 1 aliphatic rings. The standard InChI is InChI=1S/C7H8O4.ClH/c1-3-4(6(8)9)5(3)7(10)11-2;/h4-5H,1H2,2H3,(H,8,9);1H. The molecule has 1 aliphatic carbocycles. The predicted molar refractivity (Wildman–Crippen MR) is 43.0 cm³/mol. The number of carboxylic acids is 1. The minimum atomic E-state index is -1.01. The Morgan fingerprint density at radius 1 is 1.50 bits per heavy atom. The Morgan fingerprint density at radius 2 is 2.00 bits per heavy atom. The van der Waals surface area contributed by atoms with Crippen LogP contribution in [0, 0.1) is 11.8 Å². The van der Waals surface area contributed by atoms with Gasteiger partial charge >= 0.3 is 11.9 Å². The molecule has 0 aliphatic heterocycles. The molecule has 2 atom stereocenters. The van der Waals surface area contributed by atoms with Gasteiger partial charge in [-0.3, -0.25) is 9.59 Å². The van der Waals surface area contributed by atoms with Gasteiger partial charge in [-0.25, -0.2) is 0 Å². The lowest BCUT2D eigenvalue weighted by Gasteiger charge is -1.92. The molecule has 0 saturated heterocycles. The highest BCUT2D eigenvalue weighted by Gasteiger charge is 2.53. The minimum absolute atomic E-state index is 0. The van der Waals surface area contributed by atoms with Crippen LogP contribution in [0.2, 0.25) is 0 Å². The fraction of sp³-hybridized carbons (Fsp3) is 0.429. The first kappa shape index (κ1) is 11.0. The van der Waals surface area contributed by atoms with Gasteiger partial charge in [-0.05, 0) is 5.57 Å². The maximum Gasteiger partial charge on any atom is 0.314 e. The molecule has 5 heteroatoms. The van der Waals surface area contributed by atoms with Crippen LogP contribution in [0.25, 0.3) is 0 Å². The average molecular weight is 193 g/mol. The number of rotatable bonds is 2. The number of halogens is 1. The van der Waals surface area contributed by atoms with Gasteiger partial charge in [0.15, 0.2) is 0 Å². The van der Waals surface area contributed by atoms with Crippen LogP contribution in [0.5, 0.6) is 0 Å². The van der Waals surface area contributed by atoms with Gasteiger partial charge in [0.1, 0.15) is 0 Å². The predicted octanol–water partition coefficient (Wildman–Crippen LogP) is 0.468. The topological polar surface area (TPSA) is 63.6 Å². The van der Waals surface area contributed by atoms with E-state index in [1.54, 1.807) is 0 Å². The summed E-state index contributed by atoms with van der Waals surface area (Å²) in [6, 6.07) is 0. The van der Waals surface area contributed by atoms with Crippen LogP contribution in [0.1, 0.15) is 0 Å². The third-order valence-corrected chi connectivity index (χ3v) is 1.74. The molecule has 12 heavy (non-hydrogen) atoms. The van der Waals surface area contributed by atoms with Gasteiger partial charge in [0.25, 0.3) is 0 Å². The maximum absolute atomic E-state index is 10.8. The Kier molecular flexibility index (Phi) is 3.27. The lowest BCUT2D eigenvalue weighted by Crippen LogP contribution is -2.08. The first-order chi connectivity index (χ1) is 5.09. The third kappa shape index (κ3) is 1.58. The smallest absolute Gasteiger partial charge is 0.314 e. The fourth-order valence-corrected chi connectivity index (χ4v) is 1.03. The van der Waals surface area contributed by atoms with Gasteiger partial charge in [-0.2, -0.15) is 0 Å². The van der Waals surface area contributed by atoms with Crippen LogP contribution >= 0.6 is 12.4 Å². The lowest BCUT2D eigenvalue weighted by molar-refractivity contribution is -0.146. The van der Waals surface area contributed by atoms with Crippen molar-refractivity contribution in [2.24, 2.45) is 11.8 Å². The summed E-state index contributed by atoms with van der Waals surface area (Å²) >= 11 is 0. The summed E-state index contributed by atoms with van der Waals surface area (Å²) in [5, 5.41) is 8.47. The Labute approximate surface area is 75.6 Å². The highest BCUT2D eigenvalue weighted by Crippen LogP contribution is 2.44. The molecule has 0 aromatic rings. The zero-order valence-corrected chi connectivity index (χ0v) is 7.26. The van der Waals surface area contributed by atoms with Crippen molar-refractivity contribution in [2.45, 2.75) is 0 Å². The van der Waals surface area contributed by atoms with Crippen LogP contribution < -0.4 is 0 Å². The Bertz CT molecular complexity index is 236. The molecule has 0 heterocycles. The Hall–Kier alpha value is -1.03. The van der Waals surface area contributed by atoms with Crippen LogP contribution in [0.3, 0.4) is 0 Å². The van der Waals surface area contributed by atoms with Gasteiger partial charge in [-0.15, -0.1) is 12.4 Å². The van der Waals surface area contributed by atoms with Crippen LogP contribution in [-0.2, 0) is 14.3 Å². The number of ether oxygens (including phenoxy) is 1. The summed E-state index contributed by atoms with van der Waals surface area (Å²) in [6.45, 7) is 3.44. The van der Waals surface area contributed by atoms with Crippen molar-refractivity contribution in [3.8, 4) is 0 Å². The van der Waals surface area contributed by atoms with Crippen molar-refractivity contribution in [3.63, 3.8) is 0 Å². The lowest BCUT2D eigenvalue weighted by atomic mass is 10.3. The van der Waals surface area contributed by atoms with Crippen molar-refractivity contribution < 1.29 is 19.4 Å². The molecule has 1 N–H and O–H groups in total. The normalized spacial score (nSPS) is 25.6. The van der Waals surface area contributed by atoms with Gasteiger partial charge < -0.3 is 9.84 Å². The summed E-state index contributed by atoms with van der Waals surface area (Å²) in [5.41, 5.74) is 0.435. The van der Waals surface area contributed by atoms with E-state index in [-0.39, 0.29) is 12.4 Å². The third-order valence-electron chi connectivity index (χ3n) is 1.74. The molecule has 0 bridgehead atoms. The second kappa shape index (κ2) is 3.58. The molecule has 2 unspecified atom stereocenters. The first-order valence-corrected chi connectivity index (χ1v) is 3.09. The zero-order valence-electron chi connectivity index (χ0n) is 6.44. The SMILES string of the molecule is C=C1C(C(=O)O)C1C(=O)OC.Cl. The summed E-state index contributed by atoms with van der Waals surface area (Å²) in [6.07, 6.45) is 0. The number of methoxy groups -OCH3 is 1. The average Bonchev–Trinajstić information content (AvgIpc) is 2.60. The van der Waals surface area contributed by atoms with E-state index in [1.807, 2.05) is 0 Å². The van der Waals surface area contributed by atoms with E-state index in [0.717, 1.165) is 0 Å². The summed E-state index contributed by atoms with van der Waals surface area (Å²) in [7, 11) is 1.23. The molecular formula is C7H9ClO4. The van der Waals surface area contributed by atoms with E-state index in [9.17, 15) is 9.59 Å². The summed E-state index contributed by atoms with van der Waals surface area (Å²) < 4.78 is 4.36. The zero-order chi connectivity index (χ0) is 8.59. The summed E-state index contributed by atoms with van der Waals surface area (Å²) in [5.74, 6) is -2.85. The number of carbonyl (C=O) groups is 2. The first-order valence-electron chi connectivity index (χ1n) is 3.09. The van der Waals surface area contributed by atoms with Gasteiger partial charge in [0.05, 0.1) is 18.9 Å². The molecule has 1 rings (SSSR count). The van der Waals surface area contributed by atoms with Crippen LogP contribution in [0.15, 0.2) is 12.2 Å². The second-order valence-corrected chi connectivity index (χ2v) is 2.39. The monoisotopic (exact) mass is 192 g/mol. The molecule has 0 amide bonds. The van der Waals surface area contributed by atoms with E-state index in [1.165, 1.54) is 7.11 Å². The number of carbonyl (C=O) groups excluding carboxylic acids is 1. The van der Waals surface area contributed by atoms with Gasteiger partial charge in [0.2, 0.25) is 0 Å². The molecule has 0 aromatic heterocycles. The van der Waals surface area contributed by atoms with Crippen LogP contribution in [-0.4, -0.2) is 24.2 Å². The van der Waals surface area contributed by atoms with Gasteiger partial charge in [0, 0.05) is 0 Å². The highest BCUT2D eigenvalue weighted by molar-refractivity contribution is 5.93. The fourth-order valence-electron chi connectivity index (χ4n) is 1.03. The summed E-state index contributed by atoms with van der Waals surface area (Å²) in [4.78, 5) is 21.1. The van der Waals surface area contributed by atoms with E-state index < -0.39 is 23.8 Å². The van der Waals surface area contributed by atoms with Crippen LogP contribution in [0.4, 0.5) is 0 Å². The van der Waals surface area contributed by atoms with Crippen molar-refractivity contribution in [2.75, 3.05) is 7.11 Å². The van der Waals surface area contributed by atoms with E-state index in [2.05, 4.69) is 11.3 Å². The molecule has 68 valence electrons. The number of esters is 1. The highest BCUT2D eigenvalue weighted by atomic mass is 35.5. The molecule has 4 nitrogen and oxygen atoms in total. The molecule has 1 fully saturated rings. The van der Waals surface area contributed by atoms with E-state index >= 15 is 0 Å². The Morgan fingerprint density at radius 3 is 2.25 bits per heavy atom. The Balaban J connectivity index is 0.00000121. The number of hydrogen-bond acceptors (Lipinski definition) is 3. The molecule has 0 radical (unpaired) electrons.